The first-order valence-corrected chi connectivity index (χ1v) is 11.2. The van der Waals surface area contributed by atoms with Crippen molar-refractivity contribution in [3.63, 3.8) is 0 Å². The van der Waals surface area contributed by atoms with Crippen molar-refractivity contribution >= 4 is 56.2 Å². The molecule has 28 heavy (non-hydrogen) atoms. The minimum atomic E-state index is -0.519. The zero-order valence-corrected chi connectivity index (χ0v) is 20.2. The largest absolute Gasteiger partial charge is 0.479 e. The van der Waals surface area contributed by atoms with Gasteiger partial charge in [-0.2, -0.15) is 0 Å². The summed E-state index contributed by atoms with van der Waals surface area (Å²) in [6.07, 6.45) is 0.786. The van der Waals surface area contributed by atoms with Gasteiger partial charge in [0, 0.05) is 35.3 Å². The van der Waals surface area contributed by atoms with Crippen molar-refractivity contribution in [2.24, 2.45) is 0 Å². The fraction of sp³-hybridized carbons (Fsp3) is 0.550. The molecule has 156 valence electrons. The summed E-state index contributed by atoms with van der Waals surface area (Å²) < 4.78 is 12.1. The summed E-state index contributed by atoms with van der Waals surface area (Å²) in [6, 6.07) is 7.22. The molecular formula is C20H28BrNO4S2. The van der Waals surface area contributed by atoms with Crippen molar-refractivity contribution in [1.29, 1.82) is 0 Å². The first-order valence-electron chi connectivity index (χ1n) is 9.08. The van der Waals surface area contributed by atoms with Crippen LogP contribution in [0.3, 0.4) is 0 Å². The Morgan fingerprint density at radius 3 is 2.39 bits per heavy atom. The lowest BCUT2D eigenvalue weighted by atomic mass is 10.1. The number of benzene rings is 1. The monoisotopic (exact) mass is 489 g/mol. The number of thiocarbonyl (C=S) groups is 1. The van der Waals surface area contributed by atoms with E-state index < -0.39 is 5.60 Å². The first kappa shape index (κ1) is 24.9. The van der Waals surface area contributed by atoms with E-state index in [0.717, 1.165) is 4.47 Å². The van der Waals surface area contributed by atoms with Crippen LogP contribution in [-0.2, 0) is 14.3 Å². The maximum atomic E-state index is 12.7. The van der Waals surface area contributed by atoms with Gasteiger partial charge in [-0.3, -0.25) is 9.59 Å². The zero-order valence-electron chi connectivity index (χ0n) is 17.0. The van der Waals surface area contributed by atoms with E-state index in [0.29, 0.717) is 29.5 Å². The topological polar surface area (TPSA) is 55.8 Å². The van der Waals surface area contributed by atoms with Gasteiger partial charge < -0.3 is 14.4 Å². The average Bonchev–Trinajstić information content (AvgIpc) is 2.58. The number of ether oxygens (including phenoxy) is 2. The summed E-state index contributed by atoms with van der Waals surface area (Å²) in [5, 5.41) is -0.0732. The summed E-state index contributed by atoms with van der Waals surface area (Å²) in [5.74, 6) is -0.347. The standard InChI is InChI=1S/C20H28BrNO4S2/c1-6-25-19(27)28-16(11-12-17(23)26-20(2,3)4)13-22(5)18(24)14-7-9-15(21)10-8-14/h7-10,16H,6,11-13H2,1-5H3. The van der Waals surface area contributed by atoms with E-state index >= 15 is 0 Å². The third-order valence-electron chi connectivity index (χ3n) is 3.53. The van der Waals surface area contributed by atoms with Crippen LogP contribution in [-0.4, -0.2) is 52.2 Å². The Bertz CT molecular complexity index is 674. The Kier molecular flexibility index (Phi) is 10.5. The van der Waals surface area contributed by atoms with Gasteiger partial charge >= 0.3 is 5.97 Å². The molecule has 1 atom stereocenters. The second-order valence-electron chi connectivity index (χ2n) is 7.24. The number of carbonyl (C=O) groups is 2. The molecule has 8 heteroatoms. The third kappa shape index (κ3) is 9.89. The fourth-order valence-corrected chi connectivity index (χ4v) is 4.13. The summed E-state index contributed by atoms with van der Waals surface area (Å²) in [5.41, 5.74) is 0.0864. The van der Waals surface area contributed by atoms with Crippen LogP contribution in [0, 0.1) is 0 Å². The van der Waals surface area contributed by atoms with Gasteiger partial charge in [-0.15, -0.1) is 0 Å². The van der Waals surface area contributed by atoms with Crippen LogP contribution in [0.2, 0.25) is 0 Å². The molecule has 0 aliphatic carbocycles. The molecule has 1 aromatic carbocycles. The molecule has 0 aliphatic rings. The Labute approximate surface area is 185 Å². The van der Waals surface area contributed by atoms with Crippen LogP contribution in [0.25, 0.3) is 0 Å². The van der Waals surface area contributed by atoms with Crippen LogP contribution in [0.15, 0.2) is 28.7 Å². The summed E-state index contributed by atoms with van der Waals surface area (Å²) in [4.78, 5) is 26.4. The summed E-state index contributed by atoms with van der Waals surface area (Å²) in [7, 11) is 1.75. The maximum absolute atomic E-state index is 12.7. The van der Waals surface area contributed by atoms with Gasteiger partial charge in [-0.1, -0.05) is 27.7 Å². The third-order valence-corrected chi connectivity index (χ3v) is 5.49. The number of amides is 1. The quantitative estimate of drug-likeness (QED) is 0.375. The number of nitrogens with zero attached hydrogens (tertiary/aromatic N) is 1. The van der Waals surface area contributed by atoms with Crippen molar-refractivity contribution in [2.75, 3.05) is 20.2 Å². The van der Waals surface area contributed by atoms with Crippen LogP contribution >= 0.6 is 39.9 Å². The highest BCUT2D eigenvalue weighted by atomic mass is 79.9. The molecule has 0 spiro atoms. The van der Waals surface area contributed by atoms with E-state index in [1.54, 1.807) is 24.1 Å². The van der Waals surface area contributed by atoms with E-state index in [2.05, 4.69) is 15.9 Å². The molecule has 0 aromatic heterocycles. The van der Waals surface area contributed by atoms with Crippen molar-refractivity contribution in [1.82, 2.24) is 4.90 Å². The number of halogens is 1. The molecule has 1 unspecified atom stereocenters. The maximum Gasteiger partial charge on any atom is 0.306 e. The highest BCUT2D eigenvalue weighted by Gasteiger charge is 2.22. The lowest BCUT2D eigenvalue weighted by Crippen LogP contribution is -2.34. The molecule has 0 radical (unpaired) electrons. The fourth-order valence-electron chi connectivity index (χ4n) is 2.35. The lowest BCUT2D eigenvalue weighted by molar-refractivity contribution is -0.154. The number of carbonyl (C=O) groups excluding carboxylic acids is 2. The second-order valence-corrected chi connectivity index (χ2v) is 10.1. The van der Waals surface area contributed by atoms with Gasteiger partial charge in [0.1, 0.15) is 5.60 Å². The van der Waals surface area contributed by atoms with E-state index in [4.69, 9.17) is 21.7 Å². The van der Waals surface area contributed by atoms with Gasteiger partial charge in [0.2, 0.25) is 4.38 Å². The van der Waals surface area contributed by atoms with Gasteiger partial charge in [-0.05, 0) is 70.6 Å². The van der Waals surface area contributed by atoms with E-state index in [1.807, 2.05) is 39.8 Å². The minimum Gasteiger partial charge on any atom is -0.479 e. The van der Waals surface area contributed by atoms with Crippen molar-refractivity contribution < 1.29 is 19.1 Å². The zero-order chi connectivity index (χ0) is 21.3. The Hall–Kier alpha value is -1.12. The predicted octanol–water partition coefficient (Wildman–Crippen LogP) is 5.07. The molecule has 0 bridgehead atoms. The number of hydrogen-bond donors (Lipinski definition) is 0. The first-order chi connectivity index (χ1) is 13.0. The number of rotatable bonds is 8. The molecule has 0 saturated carbocycles. The molecule has 1 aromatic rings. The normalized spacial score (nSPS) is 12.2. The van der Waals surface area contributed by atoms with E-state index in [-0.39, 0.29) is 23.5 Å². The van der Waals surface area contributed by atoms with Gasteiger partial charge in [0.05, 0.1) is 6.61 Å². The van der Waals surface area contributed by atoms with Gasteiger partial charge in [-0.25, -0.2) is 0 Å². The van der Waals surface area contributed by atoms with E-state index in [1.165, 1.54) is 11.8 Å². The molecule has 0 N–H and O–H groups in total. The van der Waals surface area contributed by atoms with Crippen molar-refractivity contribution in [3.05, 3.63) is 34.3 Å². The van der Waals surface area contributed by atoms with Gasteiger partial charge in [0.25, 0.3) is 5.91 Å². The molecule has 1 rings (SSSR count). The molecule has 0 saturated heterocycles. The Morgan fingerprint density at radius 1 is 1.25 bits per heavy atom. The van der Waals surface area contributed by atoms with E-state index in [9.17, 15) is 9.59 Å². The highest BCUT2D eigenvalue weighted by molar-refractivity contribution is 9.10. The second kappa shape index (κ2) is 11.8. The number of esters is 1. The van der Waals surface area contributed by atoms with Crippen LogP contribution in [0.1, 0.15) is 50.9 Å². The predicted molar refractivity (Wildman–Crippen MR) is 122 cm³/mol. The molecule has 0 aliphatic heterocycles. The molecular weight excluding hydrogens is 462 g/mol. The Balaban J connectivity index is 2.74. The molecule has 5 nitrogen and oxygen atoms in total. The summed E-state index contributed by atoms with van der Waals surface area (Å²) in [6.45, 7) is 8.31. The SMILES string of the molecule is CCOC(=S)SC(CCC(=O)OC(C)(C)C)CN(C)C(=O)c1ccc(Br)cc1. The number of hydrogen-bond acceptors (Lipinski definition) is 6. The highest BCUT2D eigenvalue weighted by Crippen LogP contribution is 2.22. The van der Waals surface area contributed by atoms with Gasteiger partial charge in [0.15, 0.2) is 0 Å². The lowest BCUT2D eigenvalue weighted by Gasteiger charge is -2.25. The number of thioether (sulfide) groups is 1. The summed E-state index contributed by atoms with van der Waals surface area (Å²) >= 11 is 9.98. The van der Waals surface area contributed by atoms with Crippen LogP contribution in [0.4, 0.5) is 0 Å². The van der Waals surface area contributed by atoms with Crippen molar-refractivity contribution in [3.8, 4) is 0 Å². The Morgan fingerprint density at radius 2 is 1.86 bits per heavy atom. The molecule has 1 amide bonds. The molecule has 0 fully saturated rings. The molecule has 0 heterocycles. The van der Waals surface area contributed by atoms with Crippen LogP contribution in [0.5, 0.6) is 0 Å². The minimum absolute atomic E-state index is 0.0732. The van der Waals surface area contributed by atoms with Crippen LogP contribution < -0.4 is 0 Å². The smallest absolute Gasteiger partial charge is 0.306 e. The average molecular weight is 490 g/mol. The van der Waals surface area contributed by atoms with Crippen molar-refractivity contribution in [2.45, 2.75) is 51.4 Å².